The number of carboxylic acids is 1. The number of aromatic amines is 1. The van der Waals surface area contributed by atoms with E-state index < -0.39 is 27.9 Å². The van der Waals surface area contributed by atoms with Crippen LogP contribution in [0.5, 0.6) is 0 Å². The topological polar surface area (TPSA) is 132 Å². The predicted molar refractivity (Wildman–Crippen MR) is 74.6 cm³/mol. The molecular formula is C11H18N4O5S. The van der Waals surface area contributed by atoms with Crippen molar-refractivity contribution in [1.82, 2.24) is 20.2 Å². The Kier molecular flexibility index (Phi) is 5.70. The van der Waals surface area contributed by atoms with E-state index in [9.17, 15) is 18.0 Å². The van der Waals surface area contributed by atoms with Gasteiger partial charge >= 0.3 is 12.0 Å². The van der Waals surface area contributed by atoms with Gasteiger partial charge in [-0.3, -0.25) is 0 Å². The van der Waals surface area contributed by atoms with Crippen molar-refractivity contribution in [3.63, 3.8) is 0 Å². The number of urea groups is 1. The van der Waals surface area contributed by atoms with Crippen LogP contribution in [0, 0.1) is 0 Å². The molecule has 21 heavy (non-hydrogen) atoms. The monoisotopic (exact) mass is 318 g/mol. The zero-order valence-electron chi connectivity index (χ0n) is 11.7. The summed E-state index contributed by atoms with van der Waals surface area (Å²) in [5, 5.41) is 11.4. The molecular weight excluding hydrogens is 300 g/mol. The van der Waals surface area contributed by atoms with Crippen molar-refractivity contribution < 1.29 is 23.1 Å². The van der Waals surface area contributed by atoms with Gasteiger partial charge in [0.05, 0.1) is 12.1 Å². The fourth-order valence-electron chi connectivity index (χ4n) is 1.48. The maximum Gasteiger partial charge on any atom is 0.326 e. The van der Waals surface area contributed by atoms with Crippen LogP contribution >= 0.6 is 0 Å². The van der Waals surface area contributed by atoms with E-state index in [4.69, 9.17) is 5.11 Å². The van der Waals surface area contributed by atoms with Gasteiger partial charge in [0.15, 0.2) is 0 Å². The van der Waals surface area contributed by atoms with Crippen molar-refractivity contribution >= 4 is 21.8 Å². The summed E-state index contributed by atoms with van der Waals surface area (Å²) in [6, 6.07) is -1.77. The number of hydrogen-bond acceptors (Lipinski definition) is 5. The number of nitrogens with one attached hydrogen (secondary N) is 2. The van der Waals surface area contributed by atoms with Crippen LogP contribution in [0.1, 0.15) is 5.69 Å². The number of hydrogen-bond donors (Lipinski definition) is 3. The highest BCUT2D eigenvalue weighted by atomic mass is 32.2. The van der Waals surface area contributed by atoms with Crippen LogP contribution < -0.4 is 5.32 Å². The number of carboxylic acid groups (broad SMARTS) is 1. The zero-order valence-corrected chi connectivity index (χ0v) is 12.6. The molecule has 0 aromatic carbocycles. The average Bonchev–Trinajstić information content (AvgIpc) is 2.86. The van der Waals surface area contributed by atoms with Crippen molar-refractivity contribution in [3.05, 3.63) is 18.2 Å². The molecule has 2 amide bonds. The van der Waals surface area contributed by atoms with Crippen LogP contribution in [0.4, 0.5) is 4.79 Å². The average molecular weight is 318 g/mol. The highest BCUT2D eigenvalue weighted by molar-refractivity contribution is 7.90. The Bertz CT molecular complexity index is 584. The van der Waals surface area contributed by atoms with E-state index in [0.29, 0.717) is 5.69 Å². The summed E-state index contributed by atoms with van der Waals surface area (Å²) >= 11 is 0. The number of rotatable bonds is 7. The third-order valence-electron chi connectivity index (χ3n) is 2.72. The van der Waals surface area contributed by atoms with Gasteiger partial charge in [0.2, 0.25) is 0 Å². The first-order valence-corrected chi connectivity index (χ1v) is 8.14. The molecule has 10 heteroatoms. The number of aromatic nitrogens is 2. The maximum absolute atomic E-state index is 11.8. The smallest absolute Gasteiger partial charge is 0.326 e. The second-order valence-electron chi connectivity index (χ2n) is 4.67. The fraction of sp³-hybridized carbons (Fsp3) is 0.545. The van der Waals surface area contributed by atoms with Crippen molar-refractivity contribution in [2.75, 3.05) is 25.6 Å². The number of H-pyrrole nitrogens is 1. The number of amides is 2. The van der Waals surface area contributed by atoms with Gasteiger partial charge in [0, 0.05) is 38.2 Å². The summed E-state index contributed by atoms with van der Waals surface area (Å²) in [7, 11) is -1.79. The molecule has 1 aromatic heterocycles. The van der Waals surface area contributed by atoms with Gasteiger partial charge in [-0.05, 0) is 0 Å². The van der Waals surface area contributed by atoms with E-state index in [2.05, 4.69) is 15.3 Å². The molecule has 0 aliphatic carbocycles. The molecule has 3 N–H and O–H groups in total. The van der Waals surface area contributed by atoms with Crippen LogP contribution in [0.3, 0.4) is 0 Å². The molecule has 0 saturated carbocycles. The summed E-state index contributed by atoms with van der Waals surface area (Å²) < 4.78 is 22.1. The van der Waals surface area contributed by atoms with Gasteiger partial charge in [-0.15, -0.1) is 0 Å². The van der Waals surface area contributed by atoms with Gasteiger partial charge in [-0.1, -0.05) is 0 Å². The molecule has 0 saturated heterocycles. The van der Waals surface area contributed by atoms with E-state index in [0.717, 1.165) is 11.2 Å². The normalized spacial score (nSPS) is 12.7. The molecule has 1 heterocycles. The lowest BCUT2D eigenvalue weighted by atomic mass is 10.1. The lowest BCUT2D eigenvalue weighted by Crippen LogP contribution is -2.48. The number of carbonyl (C=O) groups is 2. The van der Waals surface area contributed by atoms with E-state index in [1.165, 1.54) is 19.6 Å². The minimum Gasteiger partial charge on any atom is -0.480 e. The number of aliphatic carboxylic acids is 1. The molecule has 1 rings (SSSR count). The van der Waals surface area contributed by atoms with Crippen LogP contribution in [0.2, 0.25) is 0 Å². The Hall–Kier alpha value is -2.10. The number of carbonyl (C=O) groups excluding carboxylic acids is 1. The Morgan fingerprint density at radius 2 is 2.19 bits per heavy atom. The summed E-state index contributed by atoms with van der Waals surface area (Å²) in [5.41, 5.74) is 0.571. The van der Waals surface area contributed by atoms with Gasteiger partial charge in [0.1, 0.15) is 15.9 Å². The second kappa shape index (κ2) is 7.07. The first-order valence-electron chi connectivity index (χ1n) is 6.08. The van der Waals surface area contributed by atoms with E-state index >= 15 is 0 Å². The summed E-state index contributed by atoms with van der Waals surface area (Å²) in [6.07, 6.45) is 4.00. The van der Waals surface area contributed by atoms with E-state index in [-0.39, 0.29) is 18.7 Å². The van der Waals surface area contributed by atoms with Crippen LogP contribution in [-0.4, -0.2) is 72.0 Å². The highest BCUT2D eigenvalue weighted by Crippen LogP contribution is 2.00. The van der Waals surface area contributed by atoms with Crippen LogP contribution in [0.25, 0.3) is 0 Å². The van der Waals surface area contributed by atoms with Gasteiger partial charge in [0.25, 0.3) is 0 Å². The standard InChI is InChI=1S/C11H18N4O5S/c1-15(3-4-21(2,19)20)11(18)14-9(10(16)17)5-8-6-12-7-13-8/h6-7,9H,3-5H2,1-2H3,(H,12,13)(H,14,18)(H,16,17)/t9-/m0/s1. The Labute approximate surface area is 122 Å². The SMILES string of the molecule is CN(CCS(C)(=O)=O)C(=O)N[C@@H](Cc1cnc[nH]1)C(=O)O. The minimum absolute atomic E-state index is 0.0128. The van der Waals surface area contributed by atoms with Crippen molar-refractivity contribution in [2.24, 2.45) is 0 Å². The number of sulfone groups is 1. The first kappa shape index (κ1) is 17.0. The molecule has 0 spiro atoms. The molecule has 0 aliphatic rings. The lowest BCUT2D eigenvalue weighted by Gasteiger charge is -2.20. The Morgan fingerprint density at radius 1 is 1.52 bits per heavy atom. The van der Waals surface area contributed by atoms with Crippen LogP contribution in [-0.2, 0) is 21.1 Å². The van der Waals surface area contributed by atoms with Gasteiger partial charge < -0.3 is 20.3 Å². The van der Waals surface area contributed by atoms with Crippen molar-refractivity contribution in [3.8, 4) is 0 Å². The molecule has 0 unspecified atom stereocenters. The lowest BCUT2D eigenvalue weighted by molar-refractivity contribution is -0.139. The summed E-state index contributed by atoms with van der Waals surface area (Å²) in [4.78, 5) is 30.6. The summed E-state index contributed by atoms with van der Waals surface area (Å²) in [5.74, 6) is -1.37. The Balaban J connectivity index is 2.58. The molecule has 1 atom stereocenters. The molecule has 0 fully saturated rings. The predicted octanol–water partition coefficient (Wildman–Crippen LogP) is -0.909. The largest absolute Gasteiger partial charge is 0.480 e. The third-order valence-corrected chi connectivity index (χ3v) is 3.64. The zero-order chi connectivity index (χ0) is 16.0. The summed E-state index contributed by atoms with van der Waals surface area (Å²) in [6.45, 7) is -0.0128. The molecule has 0 radical (unpaired) electrons. The van der Waals surface area contributed by atoms with Crippen molar-refractivity contribution in [1.29, 1.82) is 0 Å². The molecule has 118 valence electrons. The molecule has 0 bridgehead atoms. The molecule has 0 aliphatic heterocycles. The minimum atomic E-state index is -3.19. The van der Waals surface area contributed by atoms with E-state index in [1.54, 1.807) is 0 Å². The number of imidazole rings is 1. The second-order valence-corrected chi connectivity index (χ2v) is 6.93. The third kappa shape index (κ3) is 6.25. The quantitative estimate of drug-likeness (QED) is 0.596. The molecule has 1 aromatic rings. The van der Waals surface area contributed by atoms with Crippen LogP contribution in [0.15, 0.2) is 12.5 Å². The maximum atomic E-state index is 11.8. The fourth-order valence-corrected chi connectivity index (χ4v) is 2.09. The van der Waals surface area contributed by atoms with Gasteiger partial charge in [-0.25, -0.2) is 23.0 Å². The molecule has 9 nitrogen and oxygen atoms in total. The van der Waals surface area contributed by atoms with E-state index in [1.807, 2.05) is 0 Å². The van der Waals surface area contributed by atoms with Crippen molar-refractivity contribution in [2.45, 2.75) is 12.5 Å². The first-order chi connectivity index (χ1) is 9.69. The highest BCUT2D eigenvalue weighted by Gasteiger charge is 2.23. The van der Waals surface area contributed by atoms with Gasteiger partial charge in [-0.2, -0.15) is 0 Å². The number of nitrogens with zero attached hydrogens (tertiary/aromatic N) is 2. The Morgan fingerprint density at radius 3 is 2.67 bits per heavy atom.